The van der Waals surface area contributed by atoms with E-state index in [4.69, 9.17) is 15.4 Å². The predicted octanol–water partition coefficient (Wildman–Crippen LogP) is 3.26. The molecule has 2 aromatic rings. The second-order valence-electron chi connectivity index (χ2n) is 8.56. The van der Waals surface area contributed by atoms with Gasteiger partial charge in [-0.3, -0.25) is 9.59 Å². The van der Waals surface area contributed by atoms with Crippen molar-refractivity contribution in [2.24, 2.45) is 23.5 Å². The number of carbonyl (C=O) groups excluding carboxylic acids is 2. The molecule has 2 unspecified atom stereocenters. The summed E-state index contributed by atoms with van der Waals surface area (Å²) in [5.74, 6) is -1.11. The maximum absolute atomic E-state index is 13.4. The molecule has 1 aromatic heterocycles. The van der Waals surface area contributed by atoms with E-state index in [1.165, 1.54) is 18.6 Å². The lowest BCUT2D eigenvalue weighted by Crippen LogP contribution is -2.42. The lowest BCUT2D eigenvalue weighted by atomic mass is 9.78. The minimum atomic E-state index is -4.66. The molecule has 0 bridgehead atoms. The van der Waals surface area contributed by atoms with Crippen LogP contribution in [0, 0.1) is 29.1 Å². The van der Waals surface area contributed by atoms with E-state index in [0.29, 0.717) is 43.7 Å². The molecule has 1 aromatic carbocycles. The zero-order chi connectivity index (χ0) is 23.8. The average molecular weight is 460 g/mol. The second-order valence-corrected chi connectivity index (χ2v) is 8.56. The van der Waals surface area contributed by atoms with Gasteiger partial charge in [0.05, 0.1) is 34.9 Å². The third-order valence-corrected chi connectivity index (χ3v) is 6.73. The van der Waals surface area contributed by atoms with Crippen LogP contribution in [-0.2, 0) is 11.0 Å². The van der Waals surface area contributed by atoms with Crippen molar-refractivity contribution < 1.29 is 27.2 Å². The first-order valence-corrected chi connectivity index (χ1v) is 10.7. The number of alkyl halides is 3. The highest BCUT2D eigenvalue weighted by molar-refractivity contribution is 5.93. The number of nitriles is 1. The number of nitrogens with zero attached hydrogens (tertiary/aromatic N) is 3. The Morgan fingerprint density at radius 2 is 1.88 bits per heavy atom. The summed E-state index contributed by atoms with van der Waals surface area (Å²) >= 11 is 0. The van der Waals surface area contributed by atoms with Crippen LogP contribution in [0.4, 0.5) is 18.9 Å². The highest BCUT2D eigenvalue weighted by atomic mass is 19.4. The van der Waals surface area contributed by atoms with Gasteiger partial charge in [0.15, 0.2) is 0 Å². The van der Waals surface area contributed by atoms with E-state index in [-0.39, 0.29) is 24.3 Å². The Bertz CT molecular complexity index is 1070. The van der Waals surface area contributed by atoms with Crippen LogP contribution in [0.25, 0.3) is 0 Å². The summed E-state index contributed by atoms with van der Waals surface area (Å²) in [6, 6.07) is 6.78. The number of furan rings is 1. The number of halogens is 3. The number of amides is 2. The summed E-state index contributed by atoms with van der Waals surface area (Å²) in [6.45, 7) is 1.64. The molecule has 4 rings (SSSR count). The summed E-state index contributed by atoms with van der Waals surface area (Å²) in [5.41, 5.74) is 5.01. The van der Waals surface area contributed by atoms with Crippen LogP contribution in [-0.4, -0.2) is 42.9 Å². The third-order valence-electron chi connectivity index (χ3n) is 6.73. The molecule has 2 saturated heterocycles. The smallest absolute Gasteiger partial charge is 0.417 e. The van der Waals surface area contributed by atoms with Gasteiger partial charge in [-0.2, -0.15) is 18.4 Å². The van der Waals surface area contributed by atoms with E-state index in [2.05, 4.69) is 0 Å². The van der Waals surface area contributed by atoms with Gasteiger partial charge in [-0.05, 0) is 48.9 Å². The summed E-state index contributed by atoms with van der Waals surface area (Å²) in [7, 11) is 0. The summed E-state index contributed by atoms with van der Waals surface area (Å²) in [6.07, 6.45) is -0.463. The van der Waals surface area contributed by atoms with E-state index in [1.807, 2.05) is 0 Å². The molecule has 33 heavy (non-hydrogen) atoms. The molecule has 2 fully saturated rings. The normalized spacial score (nSPS) is 21.8. The third kappa shape index (κ3) is 4.53. The van der Waals surface area contributed by atoms with Crippen molar-refractivity contribution in [1.82, 2.24) is 4.90 Å². The van der Waals surface area contributed by atoms with Crippen LogP contribution in [0.15, 0.2) is 41.2 Å². The van der Waals surface area contributed by atoms with E-state index >= 15 is 0 Å². The maximum Gasteiger partial charge on any atom is 0.417 e. The minimum absolute atomic E-state index is 0.112. The Morgan fingerprint density at radius 1 is 1.15 bits per heavy atom. The fourth-order valence-corrected chi connectivity index (χ4v) is 4.98. The number of hydrogen-bond donors (Lipinski definition) is 1. The molecular weight excluding hydrogens is 437 g/mol. The molecule has 0 radical (unpaired) electrons. The zero-order valence-electron chi connectivity index (χ0n) is 17.7. The maximum atomic E-state index is 13.4. The first-order valence-electron chi connectivity index (χ1n) is 10.7. The SMILES string of the molecule is N#Cc1ccc(N2CC(C(N)=O)C(C3CCN(C(=O)c4ccoc4)CC3)C2)cc1C(F)(F)F. The van der Waals surface area contributed by atoms with Crippen molar-refractivity contribution in [1.29, 1.82) is 5.26 Å². The highest BCUT2D eigenvalue weighted by Gasteiger charge is 2.43. The van der Waals surface area contributed by atoms with Crippen LogP contribution in [0.1, 0.15) is 34.3 Å². The lowest BCUT2D eigenvalue weighted by Gasteiger charge is -2.36. The topological polar surface area (TPSA) is 104 Å². The Labute approximate surface area is 188 Å². The number of benzene rings is 1. The van der Waals surface area contributed by atoms with E-state index in [0.717, 1.165) is 12.1 Å². The Balaban J connectivity index is 1.49. The molecule has 2 N–H and O–H groups in total. The number of carbonyl (C=O) groups is 2. The van der Waals surface area contributed by atoms with Gasteiger partial charge in [0.1, 0.15) is 6.26 Å². The second kappa shape index (κ2) is 8.81. The van der Waals surface area contributed by atoms with E-state index in [9.17, 15) is 22.8 Å². The van der Waals surface area contributed by atoms with Crippen molar-refractivity contribution in [3.05, 3.63) is 53.5 Å². The summed E-state index contributed by atoms with van der Waals surface area (Å²) in [5, 5.41) is 9.03. The lowest BCUT2D eigenvalue weighted by molar-refractivity contribution is -0.137. The number of hydrogen-bond acceptors (Lipinski definition) is 5. The van der Waals surface area contributed by atoms with Gasteiger partial charge in [0.25, 0.3) is 5.91 Å². The summed E-state index contributed by atoms with van der Waals surface area (Å²) in [4.78, 5) is 28.2. The van der Waals surface area contributed by atoms with Crippen LogP contribution in [0.5, 0.6) is 0 Å². The standard InChI is InChI=1S/C23H23F3N4O3/c24-23(25,26)20-9-17(2-1-15(20)10-27)30-11-18(19(12-30)21(28)31)14-3-6-29(7-4-14)22(32)16-5-8-33-13-16/h1-2,5,8-9,13-14,18-19H,3-4,6-7,11-12H2,(H2,28,31). The fraction of sp³-hybridized carbons (Fsp3) is 0.435. The van der Waals surface area contributed by atoms with Gasteiger partial charge in [-0.15, -0.1) is 0 Å². The van der Waals surface area contributed by atoms with Gasteiger partial charge in [0, 0.05) is 31.9 Å². The molecule has 2 aliphatic heterocycles. The number of likely N-dealkylation sites (tertiary alicyclic amines) is 1. The molecule has 10 heteroatoms. The van der Waals surface area contributed by atoms with Gasteiger partial charge < -0.3 is 20.0 Å². The zero-order valence-corrected chi connectivity index (χ0v) is 17.7. The molecule has 174 valence electrons. The molecule has 7 nitrogen and oxygen atoms in total. The predicted molar refractivity (Wildman–Crippen MR) is 112 cm³/mol. The molecule has 0 spiro atoms. The first-order chi connectivity index (χ1) is 15.7. The van der Waals surface area contributed by atoms with Crippen molar-refractivity contribution in [3.8, 4) is 6.07 Å². The molecule has 0 saturated carbocycles. The molecule has 3 heterocycles. The molecule has 2 atom stereocenters. The van der Waals surface area contributed by atoms with Gasteiger partial charge in [-0.1, -0.05) is 0 Å². The fourth-order valence-electron chi connectivity index (χ4n) is 4.98. The van der Waals surface area contributed by atoms with Crippen molar-refractivity contribution in [2.75, 3.05) is 31.1 Å². The number of rotatable bonds is 4. The number of nitrogens with two attached hydrogens (primary N) is 1. The number of anilines is 1. The van der Waals surface area contributed by atoms with Gasteiger partial charge in [-0.25, -0.2) is 0 Å². The molecule has 2 aliphatic rings. The van der Waals surface area contributed by atoms with Crippen LogP contribution in [0.2, 0.25) is 0 Å². The van der Waals surface area contributed by atoms with Crippen LogP contribution >= 0.6 is 0 Å². The Kier molecular flexibility index (Phi) is 6.06. The number of primary amides is 1. The Morgan fingerprint density at radius 3 is 2.45 bits per heavy atom. The molecule has 2 amide bonds. The van der Waals surface area contributed by atoms with Crippen LogP contribution in [0.3, 0.4) is 0 Å². The molecule has 0 aliphatic carbocycles. The highest BCUT2D eigenvalue weighted by Crippen LogP contribution is 2.40. The van der Waals surface area contributed by atoms with Crippen LogP contribution < -0.4 is 10.6 Å². The largest absolute Gasteiger partial charge is 0.472 e. The first kappa shape index (κ1) is 22.7. The quantitative estimate of drug-likeness (QED) is 0.754. The van der Waals surface area contributed by atoms with Crippen molar-refractivity contribution in [2.45, 2.75) is 19.0 Å². The summed E-state index contributed by atoms with van der Waals surface area (Å²) < 4.78 is 45.2. The van der Waals surface area contributed by atoms with E-state index < -0.39 is 29.1 Å². The van der Waals surface area contributed by atoms with Crippen molar-refractivity contribution in [3.63, 3.8) is 0 Å². The Hall–Kier alpha value is -3.48. The molecular formula is C23H23F3N4O3. The van der Waals surface area contributed by atoms with Gasteiger partial charge in [0.2, 0.25) is 5.91 Å². The number of piperidine rings is 1. The minimum Gasteiger partial charge on any atom is -0.472 e. The van der Waals surface area contributed by atoms with Crippen molar-refractivity contribution >= 4 is 17.5 Å². The monoisotopic (exact) mass is 460 g/mol. The average Bonchev–Trinajstić information content (AvgIpc) is 3.48. The van der Waals surface area contributed by atoms with E-state index in [1.54, 1.807) is 21.9 Å². The van der Waals surface area contributed by atoms with Gasteiger partial charge >= 0.3 is 6.18 Å².